The van der Waals surface area contributed by atoms with E-state index in [9.17, 15) is 9.90 Å². The molecule has 24 heavy (non-hydrogen) atoms. The third-order valence-electron chi connectivity index (χ3n) is 3.61. The maximum absolute atomic E-state index is 11.2. The van der Waals surface area contributed by atoms with Gasteiger partial charge in [-0.15, -0.1) is 5.11 Å². The lowest BCUT2D eigenvalue weighted by Gasteiger charge is -2.08. The highest BCUT2D eigenvalue weighted by atomic mass is 35.5. The number of azo groups is 1. The second kappa shape index (κ2) is 6.72. The molecule has 3 aromatic rings. The number of fused-ring (bicyclic) bond motifs is 1. The van der Waals surface area contributed by atoms with E-state index in [1.165, 1.54) is 7.11 Å². The molecule has 3 rings (SSSR count). The molecule has 1 N–H and O–H groups in total. The average Bonchev–Trinajstić information content (AvgIpc) is 2.86. The zero-order valence-electron chi connectivity index (χ0n) is 12.8. The maximum Gasteiger partial charge on any atom is 0.452 e. The van der Waals surface area contributed by atoms with E-state index >= 15 is 0 Å². The van der Waals surface area contributed by atoms with Crippen LogP contribution in [0.1, 0.15) is 5.56 Å². The Balaban J connectivity index is 2.12. The summed E-state index contributed by atoms with van der Waals surface area (Å²) in [4.78, 5) is 11.2. The number of aromatic nitrogens is 1. The largest absolute Gasteiger partial charge is 0.493 e. The summed E-state index contributed by atoms with van der Waals surface area (Å²) in [6.07, 6.45) is -0.836. The highest BCUT2D eigenvalue weighted by Crippen LogP contribution is 2.39. The first-order valence-corrected chi connectivity index (χ1v) is 7.53. The molecule has 2 aromatic carbocycles. The summed E-state index contributed by atoms with van der Waals surface area (Å²) in [5.41, 5.74) is 1.82. The summed E-state index contributed by atoms with van der Waals surface area (Å²) >= 11 is 6.21. The third kappa shape index (κ3) is 2.96. The zero-order valence-corrected chi connectivity index (χ0v) is 13.6. The number of carbonyl (C=O) groups excluding carboxylic acids is 1. The Labute approximate surface area is 143 Å². The quantitative estimate of drug-likeness (QED) is 0.687. The van der Waals surface area contributed by atoms with Gasteiger partial charge in [0.15, 0.2) is 5.69 Å². The minimum Gasteiger partial charge on any atom is -0.493 e. The van der Waals surface area contributed by atoms with Crippen molar-refractivity contribution in [2.45, 2.75) is 6.54 Å². The molecule has 1 amide bonds. The van der Waals surface area contributed by atoms with Crippen LogP contribution in [-0.2, 0) is 11.3 Å². The predicted octanol–water partition coefficient (Wildman–Crippen LogP) is 4.90. The summed E-state index contributed by atoms with van der Waals surface area (Å²) in [6.45, 7) is 0.361. The van der Waals surface area contributed by atoms with Gasteiger partial charge in [-0.25, -0.2) is 4.79 Å². The molecule has 0 aliphatic carbocycles. The molecular weight excluding hydrogens is 330 g/mol. The Morgan fingerprint density at radius 3 is 2.67 bits per heavy atom. The molecule has 0 radical (unpaired) electrons. The molecule has 0 spiro atoms. The van der Waals surface area contributed by atoms with E-state index in [0.717, 1.165) is 11.1 Å². The standard InChI is InChI=1S/C17H14ClN3O3/c1-24-17(23)20-19-15-12-7-3-5-9-14(12)21(16(15)22)10-11-6-2-4-8-13(11)18/h2-9,22H,10H2,1H3. The molecule has 0 atom stereocenters. The highest BCUT2D eigenvalue weighted by Gasteiger charge is 2.17. The van der Waals surface area contributed by atoms with E-state index in [4.69, 9.17) is 11.6 Å². The Morgan fingerprint density at radius 2 is 1.92 bits per heavy atom. The van der Waals surface area contributed by atoms with Gasteiger partial charge < -0.3 is 14.4 Å². The molecule has 122 valence electrons. The first-order chi connectivity index (χ1) is 11.6. The molecule has 1 heterocycles. The number of halogens is 1. The summed E-state index contributed by atoms with van der Waals surface area (Å²) in [7, 11) is 1.21. The Kier molecular flexibility index (Phi) is 4.48. The molecule has 0 aliphatic rings. The van der Waals surface area contributed by atoms with Crippen LogP contribution in [0.5, 0.6) is 5.88 Å². The number of ether oxygens (including phenoxy) is 1. The van der Waals surface area contributed by atoms with Gasteiger partial charge in [0, 0.05) is 10.4 Å². The number of nitrogens with zero attached hydrogens (tertiary/aromatic N) is 3. The van der Waals surface area contributed by atoms with Crippen molar-refractivity contribution in [3.63, 3.8) is 0 Å². The predicted molar refractivity (Wildman–Crippen MR) is 91.1 cm³/mol. The van der Waals surface area contributed by atoms with Gasteiger partial charge in [0.25, 0.3) is 0 Å². The van der Waals surface area contributed by atoms with Gasteiger partial charge in [-0.05, 0) is 17.7 Å². The van der Waals surface area contributed by atoms with Crippen LogP contribution in [0.15, 0.2) is 58.8 Å². The van der Waals surface area contributed by atoms with Crippen molar-refractivity contribution < 1.29 is 14.6 Å². The molecule has 7 heteroatoms. The Hall–Kier alpha value is -2.86. The molecule has 0 saturated carbocycles. The summed E-state index contributed by atoms with van der Waals surface area (Å²) in [5.74, 6) is -0.0937. The lowest BCUT2D eigenvalue weighted by Crippen LogP contribution is -1.99. The van der Waals surface area contributed by atoms with E-state index in [0.29, 0.717) is 17.0 Å². The van der Waals surface area contributed by atoms with Crippen LogP contribution in [-0.4, -0.2) is 22.9 Å². The van der Waals surface area contributed by atoms with E-state index in [2.05, 4.69) is 15.0 Å². The van der Waals surface area contributed by atoms with Crippen LogP contribution in [0, 0.1) is 0 Å². The van der Waals surface area contributed by atoms with Crippen molar-refractivity contribution in [1.82, 2.24) is 4.57 Å². The molecule has 6 nitrogen and oxygen atoms in total. The van der Waals surface area contributed by atoms with Crippen LogP contribution in [0.2, 0.25) is 5.02 Å². The van der Waals surface area contributed by atoms with Gasteiger partial charge in [0.1, 0.15) is 0 Å². The second-order valence-corrected chi connectivity index (χ2v) is 5.44. The van der Waals surface area contributed by atoms with Gasteiger partial charge in [-0.2, -0.15) is 0 Å². The monoisotopic (exact) mass is 343 g/mol. The van der Waals surface area contributed by atoms with Gasteiger partial charge in [-0.3, -0.25) is 0 Å². The number of rotatable bonds is 3. The van der Waals surface area contributed by atoms with Crippen molar-refractivity contribution in [3.05, 3.63) is 59.1 Å². The first-order valence-electron chi connectivity index (χ1n) is 7.15. The number of methoxy groups -OCH3 is 1. The van der Waals surface area contributed by atoms with Crippen LogP contribution in [0.4, 0.5) is 10.5 Å². The van der Waals surface area contributed by atoms with Crippen LogP contribution >= 0.6 is 11.6 Å². The van der Waals surface area contributed by atoms with Gasteiger partial charge in [0.2, 0.25) is 5.88 Å². The van der Waals surface area contributed by atoms with Gasteiger partial charge in [0.05, 0.1) is 19.2 Å². The van der Waals surface area contributed by atoms with Gasteiger partial charge in [-0.1, -0.05) is 53.1 Å². The van der Waals surface area contributed by atoms with Gasteiger partial charge >= 0.3 is 6.09 Å². The van der Waals surface area contributed by atoms with Crippen molar-refractivity contribution in [1.29, 1.82) is 0 Å². The van der Waals surface area contributed by atoms with E-state index in [1.54, 1.807) is 16.7 Å². The number of carbonyl (C=O) groups is 1. The number of amides is 1. The molecular formula is C17H14ClN3O3. The first kappa shape index (κ1) is 16.0. The number of aromatic hydroxyl groups is 1. The van der Waals surface area contributed by atoms with Crippen molar-refractivity contribution in [2.24, 2.45) is 10.2 Å². The summed E-state index contributed by atoms with van der Waals surface area (Å²) in [6, 6.07) is 14.7. The molecule has 1 aromatic heterocycles. The lowest BCUT2D eigenvalue weighted by atomic mass is 10.2. The smallest absolute Gasteiger partial charge is 0.452 e. The fraction of sp³-hybridized carbons (Fsp3) is 0.118. The van der Waals surface area contributed by atoms with Crippen molar-refractivity contribution in [2.75, 3.05) is 7.11 Å². The lowest BCUT2D eigenvalue weighted by molar-refractivity contribution is 0.181. The molecule has 0 bridgehead atoms. The molecule has 0 aliphatic heterocycles. The fourth-order valence-corrected chi connectivity index (χ4v) is 2.65. The van der Waals surface area contributed by atoms with Crippen LogP contribution in [0.25, 0.3) is 10.9 Å². The van der Waals surface area contributed by atoms with Crippen molar-refractivity contribution >= 4 is 34.3 Å². The normalized spacial score (nSPS) is 11.2. The van der Waals surface area contributed by atoms with E-state index in [-0.39, 0.29) is 11.6 Å². The van der Waals surface area contributed by atoms with E-state index in [1.807, 2.05) is 36.4 Å². The maximum atomic E-state index is 11.2. The second-order valence-electron chi connectivity index (χ2n) is 5.04. The number of hydrogen-bond donors (Lipinski definition) is 1. The SMILES string of the molecule is COC(=O)N=Nc1c(O)n(Cc2ccccc2Cl)c2ccccc12. The minimum absolute atomic E-state index is 0.0937. The summed E-state index contributed by atoms with van der Waals surface area (Å²) in [5, 5.41) is 19.1. The highest BCUT2D eigenvalue weighted by molar-refractivity contribution is 6.31. The van der Waals surface area contributed by atoms with Crippen LogP contribution < -0.4 is 0 Å². The summed E-state index contributed by atoms with van der Waals surface area (Å²) < 4.78 is 6.11. The number of hydrogen-bond acceptors (Lipinski definition) is 4. The van der Waals surface area contributed by atoms with Crippen molar-refractivity contribution in [3.8, 4) is 5.88 Å². The topological polar surface area (TPSA) is 76.2 Å². The zero-order chi connectivity index (χ0) is 17.1. The Bertz CT molecular complexity index is 934. The third-order valence-corrected chi connectivity index (χ3v) is 3.98. The molecule has 0 fully saturated rings. The molecule has 0 unspecified atom stereocenters. The molecule has 0 saturated heterocycles. The average molecular weight is 344 g/mol. The number of para-hydroxylation sites is 1. The van der Waals surface area contributed by atoms with E-state index < -0.39 is 6.09 Å². The van der Waals surface area contributed by atoms with Crippen LogP contribution in [0.3, 0.4) is 0 Å². The fourth-order valence-electron chi connectivity index (χ4n) is 2.46. The number of benzene rings is 2. The Morgan fingerprint density at radius 1 is 1.21 bits per heavy atom. The minimum atomic E-state index is -0.836.